The van der Waals surface area contributed by atoms with Gasteiger partial charge in [0.15, 0.2) is 5.82 Å². The molecule has 1 aliphatic rings. The van der Waals surface area contributed by atoms with E-state index in [1.807, 2.05) is 30.5 Å². The molecule has 1 unspecified atom stereocenters. The molecule has 0 spiro atoms. The van der Waals surface area contributed by atoms with Gasteiger partial charge in [-0.25, -0.2) is 19.6 Å². The summed E-state index contributed by atoms with van der Waals surface area (Å²) in [6, 6.07) is 11.4. The third-order valence-corrected chi connectivity index (χ3v) is 5.18. The molecule has 0 radical (unpaired) electrons. The van der Waals surface area contributed by atoms with E-state index >= 15 is 0 Å². The Hall–Kier alpha value is -3.55. The van der Waals surface area contributed by atoms with Gasteiger partial charge < -0.3 is 4.90 Å². The first-order chi connectivity index (χ1) is 13.8. The molecule has 4 aromatic rings. The van der Waals surface area contributed by atoms with Crippen molar-refractivity contribution in [2.24, 2.45) is 0 Å². The summed E-state index contributed by atoms with van der Waals surface area (Å²) >= 11 is 0. The van der Waals surface area contributed by atoms with Gasteiger partial charge in [0.1, 0.15) is 18.5 Å². The molecular formula is C20H19N7O. The fourth-order valence-electron chi connectivity index (χ4n) is 3.82. The van der Waals surface area contributed by atoms with Crippen molar-refractivity contribution in [3.05, 3.63) is 71.8 Å². The van der Waals surface area contributed by atoms with Crippen molar-refractivity contribution in [3.8, 4) is 5.82 Å². The number of fused-ring (bicyclic) bond motifs is 1. The smallest absolute Gasteiger partial charge is 0.266 e. The number of para-hydroxylation sites is 1. The first kappa shape index (κ1) is 16.6. The zero-order valence-corrected chi connectivity index (χ0v) is 15.2. The van der Waals surface area contributed by atoms with Crippen LogP contribution >= 0.6 is 0 Å². The predicted octanol–water partition coefficient (Wildman–Crippen LogP) is 2.04. The van der Waals surface area contributed by atoms with Gasteiger partial charge in [0, 0.05) is 30.4 Å². The summed E-state index contributed by atoms with van der Waals surface area (Å²) < 4.78 is 3.34. The topological polar surface area (TPSA) is 81.7 Å². The molecule has 1 fully saturated rings. The maximum absolute atomic E-state index is 12.4. The minimum atomic E-state index is -0.108. The molecular weight excluding hydrogens is 354 g/mol. The van der Waals surface area contributed by atoms with Gasteiger partial charge in [-0.15, -0.1) is 0 Å². The van der Waals surface area contributed by atoms with Gasteiger partial charge in [0.25, 0.3) is 5.56 Å². The van der Waals surface area contributed by atoms with E-state index in [1.54, 1.807) is 40.2 Å². The highest BCUT2D eigenvalue weighted by Gasteiger charge is 2.28. The summed E-state index contributed by atoms with van der Waals surface area (Å²) in [6.45, 7) is 1.42. The normalized spacial score (nSPS) is 16.7. The fraction of sp³-hybridized carbons (Fsp3) is 0.250. The average Bonchev–Trinajstić information content (AvgIpc) is 3.41. The molecule has 1 saturated heterocycles. The van der Waals surface area contributed by atoms with E-state index < -0.39 is 0 Å². The number of benzene rings is 1. The first-order valence-electron chi connectivity index (χ1n) is 9.32. The quantitative estimate of drug-likeness (QED) is 0.544. The van der Waals surface area contributed by atoms with E-state index in [4.69, 9.17) is 0 Å². The summed E-state index contributed by atoms with van der Waals surface area (Å²) in [4.78, 5) is 27.7. The van der Waals surface area contributed by atoms with Crippen molar-refractivity contribution in [3.63, 3.8) is 0 Å². The van der Waals surface area contributed by atoms with Crippen LogP contribution in [0.25, 0.3) is 16.7 Å². The van der Waals surface area contributed by atoms with Gasteiger partial charge in [0.2, 0.25) is 0 Å². The van der Waals surface area contributed by atoms with Crippen molar-refractivity contribution in [1.82, 2.24) is 29.3 Å². The summed E-state index contributed by atoms with van der Waals surface area (Å²) in [5.41, 5.74) is 0.818. The van der Waals surface area contributed by atoms with Crippen molar-refractivity contribution < 1.29 is 0 Å². The molecule has 4 heterocycles. The Morgan fingerprint density at radius 1 is 1.11 bits per heavy atom. The van der Waals surface area contributed by atoms with E-state index in [0.717, 1.165) is 36.1 Å². The van der Waals surface area contributed by atoms with E-state index in [9.17, 15) is 4.79 Å². The Balaban J connectivity index is 1.48. The third-order valence-electron chi connectivity index (χ3n) is 5.18. The molecule has 8 heteroatoms. The Labute approximate surface area is 161 Å². The molecule has 0 aliphatic carbocycles. The lowest BCUT2D eigenvalue weighted by Gasteiger charge is -2.26. The van der Waals surface area contributed by atoms with Crippen LogP contribution in [0.5, 0.6) is 0 Å². The maximum Gasteiger partial charge on any atom is 0.266 e. The SMILES string of the molecule is O=c1ccc(-n2ccnc2)nn1CC1CCCN1c1ncnc2ccccc12. The fourth-order valence-corrected chi connectivity index (χ4v) is 3.82. The Bertz CT molecular complexity index is 1160. The van der Waals surface area contributed by atoms with Crippen molar-refractivity contribution in [2.75, 3.05) is 11.4 Å². The zero-order valence-electron chi connectivity index (χ0n) is 15.2. The molecule has 0 saturated carbocycles. The molecule has 1 aliphatic heterocycles. The van der Waals surface area contributed by atoms with Crippen LogP contribution in [0, 0.1) is 0 Å². The van der Waals surface area contributed by atoms with Crippen molar-refractivity contribution in [2.45, 2.75) is 25.4 Å². The molecule has 5 rings (SSSR count). The second-order valence-corrected chi connectivity index (χ2v) is 6.89. The summed E-state index contributed by atoms with van der Waals surface area (Å²) in [5, 5.41) is 5.57. The molecule has 0 amide bonds. The number of rotatable bonds is 4. The standard InChI is InChI=1S/C20H19N7O/c28-19-8-7-18(25-11-9-21-14-25)24-27(19)12-15-4-3-10-26(15)20-16-5-1-2-6-17(16)22-13-23-20/h1-2,5-9,11,13-15H,3-4,10,12H2. The molecule has 8 nitrogen and oxygen atoms in total. The lowest BCUT2D eigenvalue weighted by Crippen LogP contribution is -2.37. The summed E-state index contributed by atoms with van der Waals surface area (Å²) in [7, 11) is 0. The van der Waals surface area contributed by atoms with Crippen LogP contribution in [0.3, 0.4) is 0 Å². The molecule has 140 valence electrons. The number of nitrogens with zero attached hydrogens (tertiary/aromatic N) is 7. The van der Waals surface area contributed by atoms with Crippen LogP contribution in [0.1, 0.15) is 12.8 Å². The zero-order chi connectivity index (χ0) is 18.9. The Kier molecular flexibility index (Phi) is 4.08. The van der Waals surface area contributed by atoms with E-state index in [1.165, 1.54) is 0 Å². The lowest BCUT2D eigenvalue weighted by molar-refractivity contribution is 0.485. The minimum Gasteiger partial charge on any atom is -0.351 e. The van der Waals surface area contributed by atoms with Crippen molar-refractivity contribution >= 4 is 16.7 Å². The Morgan fingerprint density at radius 2 is 2.04 bits per heavy atom. The minimum absolute atomic E-state index is 0.108. The van der Waals surface area contributed by atoms with E-state index in [-0.39, 0.29) is 11.6 Å². The predicted molar refractivity (Wildman–Crippen MR) is 106 cm³/mol. The van der Waals surface area contributed by atoms with Crippen LogP contribution in [-0.4, -0.2) is 41.9 Å². The average molecular weight is 373 g/mol. The van der Waals surface area contributed by atoms with Gasteiger partial charge >= 0.3 is 0 Å². The van der Waals surface area contributed by atoms with Crippen LogP contribution in [0.4, 0.5) is 5.82 Å². The lowest BCUT2D eigenvalue weighted by atomic mass is 10.2. The number of imidazole rings is 1. The highest BCUT2D eigenvalue weighted by Crippen LogP contribution is 2.29. The number of aromatic nitrogens is 6. The van der Waals surface area contributed by atoms with E-state index in [2.05, 4.69) is 25.0 Å². The molecule has 3 aromatic heterocycles. The van der Waals surface area contributed by atoms with Crippen LogP contribution < -0.4 is 10.5 Å². The second-order valence-electron chi connectivity index (χ2n) is 6.89. The van der Waals surface area contributed by atoms with E-state index in [0.29, 0.717) is 12.4 Å². The molecule has 28 heavy (non-hydrogen) atoms. The highest BCUT2D eigenvalue weighted by molar-refractivity contribution is 5.89. The maximum atomic E-state index is 12.4. The van der Waals surface area contributed by atoms with Crippen LogP contribution in [-0.2, 0) is 6.54 Å². The highest BCUT2D eigenvalue weighted by atomic mass is 16.1. The third kappa shape index (κ3) is 2.92. The van der Waals surface area contributed by atoms with Gasteiger partial charge in [-0.2, -0.15) is 5.10 Å². The van der Waals surface area contributed by atoms with Crippen molar-refractivity contribution in [1.29, 1.82) is 0 Å². The van der Waals surface area contributed by atoms with Gasteiger partial charge in [-0.1, -0.05) is 12.1 Å². The van der Waals surface area contributed by atoms with Crippen LogP contribution in [0.2, 0.25) is 0 Å². The number of hydrogen-bond acceptors (Lipinski definition) is 6. The molecule has 1 aromatic carbocycles. The monoisotopic (exact) mass is 373 g/mol. The van der Waals surface area contributed by atoms with Gasteiger partial charge in [-0.05, 0) is 31.0 Å². The Morgan fingerprint density at radius 3 is 2.93 bits per heavy atom. The number of hydrogen-bond donors (Lipinski definition) is 0. The molecule has 0 N–H and O–H groups in total. The summed E-state index contributed by atoms with van der Waals surface area (Å²) in [6.07, 6.45) is 8.83. The van der Waals surface area contributed by atoms with Gasteiger partial charge in [0.05, 0.1) is 18.1 Å². The van der Waals surface area contributed by atoms with Gasteiger partial charge in [-0.3, -0.25) is 9.36 Å². The number of anilines is 1. The largest absolute Gasteiger partial charge is 0.351 e. The van der Waals surface area contributed by atoms with Crippen LogP contribution in [0.15, 0.2) is 66.2 Å². The first-order valence-corrected chi connectivity index (χ1v) is 9.32. The molecule has 1 atom stereocenters. The molecule has 0 bridgehead atoms. The second kappa shape index (κ2) is 6.88. The summed E-state index contributed by atoms with van der Waals surface area (Å²) in [5.74, 6) is 1.60.